The molecule has 3 aromatic rings. The van der Waals surface area contributed by atoms with Gasteiger partial charge in [0.05, 0.1) is 0 Å². The third-order valence-corrected chi connectivity index (χ3v) is 2.79. The van der Waals surface area contributed by atoms with Crippen LogP contribution >= 0.6 is 0 Å². The number of rotatable bonds is 3. The van der Waals surface area contributed by atoms with Crippen LogP contribution in [0, 0.1) is 6.92 Å². The second-order valence-electron chi connectivity index (χ2n) is 4.14. The number of carbonyl (C=O) groups excluding carboxylic acids is 1. The maximum atomic E-state index is 12.3. The lowest BCUT2D eigenvalue weighted by Crippen LogP contribution is -2.22. The van der Waals surface area contributed by atoms with Gasteiger partial charge in [0.15, 0.2) is 0 Å². The summed E-state index contributed by atoms with van der Waals surface area (Å²) in [5.41, 5.74) is 4.35. The molecule has 0 aliphatic rings. The number of nitrogens with zero attached hydrogens (tertiary/aromatic N) is 4. The van der Waals surface area contributed by atoms with Crippen LogP contribution in [0.4, 0.5) is 0 Å². The molecule has 3 rings (SSSR count). The van der Waals surface area contributed by atoms with Crippen molar-refractivity contribution >= 4 is 5.91 Å². The molecule has 2 aromatic heterocycles. The van der Waals surface area contributed by atoms with Gasteiger partial charge in [-0.1, -0.05) is 35.5 Å². The second-order valence-corrected chi connectivity index (χ2v) is 4.14. The fourth-order valence-electron chi connectivity index (χ4n) is 1.86. The van der Waals surface area contributed by atoms with Crippen LogP contribution in [0.5, 0.6) is 0 Å². The molecule has 0 atom stereocenters. The van der Waals surface area contributed by atoms with Crippen molar-refractivity contribution in [3.8, 4) is 11.3 Å². The van der Waals surface area contributed by atoms with Gasteiger partial charge in [-0.15, -0.1) is 10.2 Å². The van der Waals surface area contributed by atoms with Crippen LogP contribution in [0.25, 0.3) is 11.3 Å². The molecule has 0 saturated carbocycles. The van der Waals surface area contributed by atoms with Gasteiger partial charge < -0.3 is 4.52 Å². The maximum Gasteiger partial charge on any atom is 0.276 e. The molecule has 2 heterocycles. The van der Waals surface area contributed by atoms with Crippen LogP contribution in [-0.2, 0) is 0 Å². The predicted molar refractivity (Wildman–Crippen MR) is 70.4 cm³/mol. The Hall–Kier alpha value is -2.96. The van der Waals surface area contributed by atoms with E-state index in [0.717, 1.165) is 5.56 Å². The first kappa shape index (κ1) is 12.1. The molecule has 1 aromatic carbocycles. The van der Waals surface area contributed by atoms with Crippen LogP contribution in [0.3, 0.4) is 0 Å². The Bertz CT molecular complexity index is 719. The van der Waals surface area contributed by atoms with E-state index < -0.39 is 0 Å². The topological polar surface area (TPSA) is 85.8 Å². The molecule has 0 radical (unpaired) electrons. The monoisotopic (exact) mass is 269 g/mol. The molecule has 0 fully saturated rings. The molecule has 7 nitrogen and oxygen atoms in total. The van der Waals surface area contributed by atoms with Gasteiger partial charge in [-0.25, -0.2) is 4.68 Å². The quantitative estimate of drug-likeness (QED) is 0.781. The van der Waals surface area contributed by atoms with Crippen molar-refractivity contribution in [3.05, 3.63) is 54.3 Å². The van der Waals surface area contributed by atoms with Crippen molar-refractivity contribution in [1.82, 2.24) is 20.0 Å². The molecule has 1 N–H and O–H groups in total. The van der Waals surface area contributed by atoms with E-state index in [1.54, 1.807) is 6.92 Å². The fraction of sp³-hybridized carbons (Fsp3) is 0.0769. The lowest BCUT2D eigenvalue weighted by Gasteiger charge is -2.05. The van der Waals surface area contributed by atoms with Gasteiger partial charge in [0.1, 0.15) is 29.7 Å². The summed E-state index contributed by atoms with van der Waals surface area (Å²) in [6, 6.07) is 9.38. The minimum absolute atomic E-state index is 0.331. The van der Waals surface area contributed by atoms with Crippen LogP contribution in [0.2, 0.25) is 0 Å². The van der Waals surface area contributed by atoms with Crippen molar-refractivity contribution < 1.29 is 9.32 Å². The van der Waals surface area contributed by atoms with E-state index in [0.29, 0.717) is 17.0 Å². The lowest BCUT2D eigenvalue weighted by molar-refractivity contribution is 0.101. The smallest absolute Gasteiger partial charge is 0.276 e. The summed E-state index contributed by atoms with van der Waals surface area (Å²) < 4.78 is 6.50. The highest BCUT2D eigenvalue weighted by Gasteiger charge is 2.21. The predicted octanol–water partition coefficient (Wildman–Crippen LogP) is 1.63. The van der Waals surface area contributed by atoms with Crippen molar-refractivity contribution in [2.75, 3.05) is 5.43 Å². The standard InChI is InChI=1S/C13H11N5O2/c1-9-11(13(19)16-18-7-14-15-8-18)12(17-20-9)10-5-3-2-4-6-10/h2-8H,1H3,(H,16,19). The summed E-state index contributed by atoms with van der Waals surface area (Å²) in [6.45, 7) is 1.69. The first-order chi connectivity index (χ1) is 9.75. The average molecular weight is 269 g/mol. The van der Waals surface area contributed by atoms with Gasteiger partial charge >= 0.3 is 0 Å². The van der Waals surface area contributed by atoms with E-state index in [2.05, 4.69) is 20.8 Å². The number of aryl methyl sites for hydroxylation is 1. The van der Waals surface area contributed by atoms with E-state index in [-0.39, 0.29) is 5.91 Å². The van der Waals surface area contributed by atoms with Gasteiger partial charge in [-0.3, -0.25) is 10.2 Å². The minimum atomic E-state index is -0.331. The highest BCUT2D eigenvalue weighted by atomic mass is 16.5. The molecular weight excluding hydrogens is 258 g/mol. The largest absolute Gasteiger partial charge is 0.360 e. The van der Waals surface area contributed by atoms with E-state index in [4.69, 9.17) is 4.52 Å². The zero-order chi connectivity index (χ0) is 13.9. The lowest BCUT2D eigenvalue weighted by atomic mass is 10.1. The van der Waals surface area contributed by atoms with E-state index in [9.17, 15) is 4.79 Å². The van der Waals surface area contributed by atoms with E-state index >= 15 is 0 Å². The molecule has 0 bridgehead atoms. The molecule has 1 amide bonds. The van der Waals surface area contributed by atoms with Gasteiger partial charge in [0.2, 0.25) is 0 Å². The van der Waals surface area contributed by atoms with Crippen molar-refractivity contribution in [2.24, 2.45) is 0 Å². The molecule has 0 spiro atoms. The first-order valence-corrected chi connectivity index (χ1v) is 5.93. The Morgan fingerprint density at radius 2 is 1.90 bits per heavy atom. The number of aromatic nitrogens is 4. The van der Waals surface area contributed by atoms with Gasteiger partial charge in [-0.2, -0.15) is 0 Å². The van der Waals surface area contributed by atoms with Crippen molar-refractivity contribution in [2.45, 2.75) is 6.92 Å². The summed E-state index contributed by atoms with van der Waals surface area (Å²) >= 11 is 0. The number of benzene rings is 1. The van der Waals surface area contributed by atoms with Gasteiger partial charge in [0.25, 0.3) is 5.91 Å². The molecule has 0 saturated heterocycles. The Morgan fingerprint density at radius 3 is 2.60 bits per heavy atom. The van der Waals surface area contributed by atoms with Crippen molar-refractivity contribution in [1.29, 1.82) is 0 Å². The Morgan fingerprint density at radius 1 is 1.20 bits per heavy atom. The number of amides is 1. The van der Waals surface area contributed by atoms with Crippen LogP contribution in [0.15, 0.2) is 47.5 Å². The minimum Gasteiger partial charge on any atom is -0.360 e. The Balaban J connectivity index is 1.97. The van der Waals surface area contributed by atoms with Crippen LogP contribution in [0.1, 0.15) is 16.1 Å². The number of carbonyl (C=O) groups is 1. The summed E-state index contributed by atoms with van der Waals surface area (Å²) in [6.07, 6.45) is 2.78. The first-order valence-electron chi connectivity index (χ1n) is 5.93. The number of hydrogen-bond donors (Lipinski definition) is 1. The third-order valence-electron chi connectivity index (χ3n) is 2.79. The molecule has 20 heavy (non-hydrogen) atoms. The third kappa shape index (κ3) is 2.16. The zero-order valence-electron chi connectivity index (χ0n) is 10.6. The molecule has 0 aliphatic heterocycles. The second kappa shape index (κ2) is 4.96. The normalized spacial score (nSPS) is 10.4. The van der Waals surface area contributed by atoms with Crippen LogP contribution < -0.4 is 5.43 Å². The summed E-state index contributed by atoms with van der Waals surface area (Å²) in [4.78, 5) is 12.3. The Kier molecular flexibility index (Phi) is 3.00. The van der Waals surface area contributed by atoms with Gasteiger partial charge in [-0.05, 0) is 6.92 Å². The summed E-state index contributed by atoms with van der Waals surface area (Å²) in [7, 11) is 0. The van der Waals surface area contributed by atoms with E-state index in [1.807, 2.05) is 30.3 Å². The highest BCUT2D eigenvalue weighted by molar-refractivity contribution is 6.05. The highest BCUT2D eigenvalue weighted by Crippen LogP contribution is 2.24. The van der Waals surface area contributed by atoms with E-state index in [1.165, 1.54) is 17.3 Å². The molecule has 100 valence electrons. The van der Waals surface area contributed by atoms with Crippen LogP contribution in [-0.4, -0.2) is 25.9 Å². The molecule has 0 aliphatic carbocycles. The SMILES string of the molecule is Cc1onc(-c2ccccc2)c1C(=O)Nn1cnnc1. The summed E-state index contributed by atoms with van der Waals surface area (Å²) in [5, 5.41) is 11.2. The molecule has 0 unspecified atom stereocenters. The zero-order valence-corrected chi connectivity index (χ0v) is 10.6. The number of hydrogen-bond acceptors (Lipinski definition) is 5. The molecular formula is C13H11N5O2. The maximum absolute atomic E-state index is 12.3. The average Bonchev–Trinajstić information content (AvgIpc) is 3.09. The fourth-order valence-corrected chi connectivity index (χ4v) is 1.86. The number of nitrogens with one attached hydrogen (secondary N) is 1. The Labute approximate surface area is 114 Å². The summed E-state index contributed by atoms with van der Waals surface area (Å²) in [5.74, 6) is 0.122. The molecule has 7 heteroatoms. The van der Waals surface area contributed by atoms with Crippen molar-refractivity contribution in [3.63, 3.8) is 0 Å². The van der Waals surface area contributed by atoms with Gasteiger partial charge in [0, 0.05) is 5.56 Å².